The van der Waals surface area contributed by atoms with Crippen LogP contribution in [0.3, 0.4) is 0 Å². The van der Waals surface area contributed by atoms with Gasteiger partial charge in [-0.1, -0.05) is 11.6 Å². The highest BCUT2D eigenvalue weighted by Gasteiger charge is 2.03. The van der Waals surface area contributed by atoms with Gasteiger partial charge in [0.25, 0.3) is 0 Å². The first-order valence-electron chi connectivity index (χ1n) is 5.03. The van der Waals surface area contributed by atoms with Crippen molar-refractivity contribution in [3.63, 3.8) is 0 Å². The zero-order chi connectivity index (χ0) is 11.0. The maximum Gasteiger partial charge on any atom is 0.307 e. The Kier molecular flexibility index (Phi) is 7.11. The summed E-state index contributed by atoms with van der Waals surface area (Å²) in [5.41, 5.74) is 1.30. The Hall–Kier alpha value is -0.830. The van der Waals surface area contributed by atoms with Crippen molar-refractivity contribution >= 4 is 5.97 Å². The van der Waals surface area contributed by atoms with Gasteiger partial charge in [0.1, 0.15) is 0 Å². The molecule has 0 N–H and O–H groups in total. The van der Waals surface area contributed by atoms with Gasteiger partial charge in [-0.2, -0.15) is 0 Å². The van der Waals surface area contributed by atoms with E-state index in [4.69, 9.17) is 4.74 Å². The highest BCUT2D eigenvalue weighted by molar-refractivity contribution is 5.69. The van der Waals surface area contributed by atoms with E-state index in [0.29, 0.717) is 13.0 Å². The smallest absolute Gasteiger partial charge is 0.307 e. The van der Waals surface area contributed by atoms with Crippen LogP contribution in [0.5, 0.6) is 0 Å². The highest BCUT2D eigenvalue weighted by atomic mass is 16.5. The van der Waals surface area contributed by atoms with Gasteiger partial charge in [0.05, 0.1) is 13.0 Å². The molecule has 0 saturated heterocycles. The summed E-state index contributed by atoms with van der Waals surface area (Å²) in [5, 5.41) is 0. The Bertz CT molecular complexity index is 195. The zero-order valence-electron chi connectivity index (χ0n) is 9.67. The summed E-state index contributed by atoms with van der Waals surface area (Å²) in [6.07, 6.45) is 2.62. The monoisotopic (exact) mass is 199 g/mol. The average molecular weight is 199 g/mol. The number of esters is 1. The van der Waals surface area contributed by atoms with Crippen molar-refractivity contribution in [1.82, 2.24) is 4.90 Å². The van der Waals surface area contributed by atoms with Crippen LogP contribution in [-0.4, -0.2) is 37.6 Å². The Balaban J connectivity index is 3.58. The maximum atomic E-state index is 11.0. The van der Waals surface area contributed by atoms with E-state index < -0.39 is 0 Å². The molecule has 0 amide bonds. The van der Waals surface area contributed by atoms with Crippen LogP contribution in [0.25, 0.3) is 0 Å². The molecule has 0 heterocycles. The number of hydrogen-bond acceptors (Lipinski definition) is 3. The van der Waals surface area contributed by atoms with E-state index in [2.05, 4.69) is 24.8 Å². The van der Waals surface area contributed by atoms with Crippen molar-refractivity contribution < 1.29 is 9.53 Å². The number of rotatable bonds is 6. The van der Waals surface area contributed by atoms with Gasteiger partial charge in [-0.05, 0) is 27.8 Å². The molecule has 0 aliphatic rings. The van der Waals surface area contributed by atoms with Gasteiger partial charge < -0.3 is 9.64 Å². The largest absolute Gasteiger partial charge is 0.466 e. The van der Waals surface area contributed by atoms with Crippen molar-refractivity contribution in [3.8, 4) is 0 Å². The Labute approximate surface area is 86.7 Å². The molecule has 0 radical (unpaired) electrons. The van der Waals surface area contributed by atoms with Crippen LogP contribution in [-0.2, 0) is 9.53 Å². The van der Waals surface area contributed by atoms with Crippen LogP contribution in [0.2, 0.25) is 0 Å². The predicted molar refractivity (Wildman–Crippen MR) is 58.2 cm³/mol. The van der Waals surface area contributed by atoms with Crippen molar-refractivity contribution in [2.24, 2.45) is 0 Å². The molecule has 82 valence electrons. The number of allylic oxidation sites excluding steroid dienone is 1. The number of carbonyl (C=O) groups excluding carboxylic acids is 1. The molecule has 0 aromatic rings. The van der Waals surface area contributed by atoms with Gasteiger partial charge in [0.2, 0.25) is 0 Å². The van der Waals surface area contributed by atoms with Gasteiger partial charge in [-0.15, -0.1) is 0 Å². The van der Waals surface area contributed by atoms with E-state index in [0.717, 1.165) is 13.1 Å². The Morgan fingerprint density at radius 1 is 1.43 bits per heavy atom. The molecule has 0 unspecified atom stereocenters. The lowest BCUT2D eigenvalue weighted by Crippen LogP contribution is -2.22. The van der Waals surface area contributed by atoms with Crippen molar-refractivity contribution in [3.05, 3.63) is 11.6 Å². The summed E-state index contributed by atoms with van der Waals surface area (Å²) in [6.45, 7) is 8.07. The maximum absolute atomic E-state index is 11.0. The molecule has 0 aromatic heterocycles. The van der Waals surface area contributed by atoms with Crippen molar-refractivity contribution in [2.75, 3.05) is 26.7 Å². The van der Waals surface area contributed by atoms with Crippen molar-refractivity contribution in [2.45, 2.75) is 27.2 Å². The molecule has 0 spiro atoms. The van der Waals surface area contributed by atoms with Crippen LogP contribution in [0, 0.1) is 0 Å². The first-order valence-corrected chi connectivity index (χ1v) is 5.03. The molecule has 0 atom stereocenters. The third kappa shape index (κ3) is 7.80. The van der Waals surface area contributed by atoms with E-state index in [1.807, 2.05) is 14.0 Å². The summed E-state index contributed by atoms with van der Waals surface area (Å²) in [4.78, 5) is 13.1. The molecule has 0 bridgehead atoms. The molecule has 0 aromatic carbocycles. The topological polar surface area (TPSA) is 29.5 Å². The van der Waals surface area contributed by atoms with Crippen LogP contribution in [0.15, 0.2) is 11.6 Å². The predicted octanol–water partition coefficient (Wildman–Crippen LogP) is 1.84. The van der Waals surface area contributed by atoms with Gasteiger partial charge in [0.15, 0.2) is 0 Å². The van der Waals surface area contributed by atoms with Gasteiger partial charge >= 0.3 is 5.97 Å². The highest BCUT2D eigenvalue weighted by Crippen LogP contribution is 1.94. The van der Waals surface area contributed by atoms with Crippen LogP contribution >= 0.6 is 0 Å². The SMILES string of the molecule is CCOC(=O)CCN(C)CC=C(C)C. The summed E-state index contributed by atoms with van der Waals surface area (Å²) in [7, 11) is 2.00. The number of hydrogen-bond donors (Lipinski definition) is 0. The molecule has 0 saturated carbocycles. The van der Waals surface area contributed by atoms with E-state index in [1.165, 1.54) is 5.57 Å². The fourth-order valence-corrected chi connectivity index (χ4v) is 0.945. The van der Waals surface area contributed by atoms with Crippen LogP contribution in [0.1, 0.15) is 27.2 Å². The number of ether oxygens (including phenoxy) is 1. The van der Waals surface area contributed by atoms with E-state index in [9.17, 15) is 4.79 Å². The summed E-state index contributed by atoms with van der Waals surface area (Å²) >= 11 is 0. The molecule has 0 aliphatic carbocycles. The number of likely N-dealkylation sites (N-methyl/N-ethyl adjacent to an activating group) is 1. The van der Waals surface area contributed by atoms with E-state index in [1.54, 1.807) is 0 Å². The second-order valence-corrected chi connectivity index (χ2v) is 3.60. The Morgan fingerprint density at radius 3 is 2.57 bits per heavy atom. The second kappa shape index (κ2) is 7.56. The summed E-state index contributed by atoms with van der Waals surface area (Å²) in [6, 6.07) is 0. The van der Waals surface area contributed by atoms with E-state index in [-0.39, 0.29) is 5.97 Å². The average Bonchev–Trinajstić information content (AvgIpc) is 2.12. The fraction of sp³-hybridized carbons (Fsp3) is 0.727. The third-order valence-electron chi connectivity index (χ3n) is 1.81. The molecular formula is C11H21NO2. The minimum absolute atomic E-state index is 0.114. The lowest BCUT2D eigenvalue weighted by Gasteiger charge is -2.13. The Morgan fingerprint density at radius 2 is 2.07 bits per heavy atom. The molecule has 0 aliphatic heterocycles. The lowest BCUT2D eigenvalue weighted by molar-refractivity contribution is -0.143. The van der Waals surface area contributed by atoms with E-state index >= 15 is 0 Å². The molecule has 0 fully saturated rings. The molecule has 3 heteroatoms. The first kappa shape index (κ1) is 13.2. The molecular weight excluding hydrogens is 178 g/mol. The number of nitrogens with zero attached hydrogens (tertiary/aromatic N) is 1. The normalized spacial score (nSPS) is 10.1. The first-order chi connectivity index (χ1) is 6.56. The van der Waals surface area contributed by atoms with Gasteiger partial charge in [0, 0.05) is 13.1 Å². The van der Waals surface area contributed by atoms with Crippen LogP contribution in [0.4, 0.5) is 0 Å². The molecule has 3 nitrogen and oxygen atoms in total. The standard InChI is InChI=1S/C11H21NO2/c1-5-14-11(13)7-9-12(4)8-6-10(2)3/h6H,5,7-9H2,1-4H3. The quantitative estimate of drug-likeness (QED) is 0.483. The van der Waals surface area contributed by atoms with Gasteiger partial charge in [-0.25, -0.2) is 0 Å². The fourth-order valence-electron chi connectivity index (χ4n) is 0.945. The van der Waals surface area contributed by atoms with Crippen molar-refractivity contribution in [1.29, 1.82) is 0 Å². The molecule has 0 rings (SSSR count). The summed E-state index contributed by atoms with van der Waals surface area (Å²) in [5.74, 6) is -0.114. The van der Waals surface area contributed by atoms with Crippen LogP contribution < -0.4 is 0 Å². The third-order valence-corrected chi connectivity index (χ3v) is 1.81. The minimum Gasteiger partial charge on any atom is -0.466 e. The zero-order valence-corrected chi connectivity index (χ0v) is 9.67. The molecule has 14 heavy (non-hydrogen) atoms. The summed E-state index contributed by atoms with van der Waals surface area (Å²) < 4.78 is 4.84. The lowest BCUT2D eigenvalue weighted by atomic mass is 10.3. The van der Waals surface area contributed by atoms with Gasteiger partial charge in [-0.3, -0.25) is 4.79 Å². The minimum atomic E-state index is -0.114. The second-order valence-electron chi connectivity index (χ2n) is 3.60. The number of carbonyl (C=O) groups is 1.